The number of pyridine rings is 1. The van der Waals surface area contributed by atoms with Crippen LogP contribution in [0, 0.1) is 0 Å². The maximum Gasteiger partial charge on any atom is 0.359 e. The van der Waals surface area contributed by atoms with Gasteiger partial charge in [-0.05, 0) is 6.42 Å². The first-order valence-electron chi connectivity index (χ1n) is 10.3. The fourth-order valence-corrected chi connectivity index (χ4v) is 4.64. The van der Waals surface area contributed by atoms with Crippen LogP contribution in [0.5, 0.6) is 0 Å². The van der Waals surface area contributed by atoms with Gasteiger partial charge in [-0.1, -0.05) is 5.16 Å². The minimum atomic E-state index is -1.21. The number of rotatable bonds is 7. The van der Waals surface area contributed by atoms with Gasteiger partial charge in [0.25, 0.3) is 11.8 Å². The van der Waals surface area contributed by atoms with E-state index in [0.29, 0.717) is 18.5 Å². The lowest BCUT2D eigenvalue weighted by molar-refractivity contribution is -0.585. The van der Waals surface area contributed by atoms with Crippen molar-refractivity contribution in [3.8, 4) is 0 Å². The zero-order valence-electron chi connectivity index (χ0n) is 18.8. The van der Waals surface area contributed by atoms with Gasteiger partial charge in [0.1, 0.15) is 18.8 Å². The molecule has 2 amide bonds. The van der Waals surface area contributed by atoms with Crippen LogP contribution in [0.1, 0.15) is 18.5 Å². The van der Waals surface area contributed by atoms with Crippen LogP contribution in [-0.2, 0) is 19.2 Å². The van der Waals surface area contributed by atoms with E-state index in [1.54, 1.807) is 22.3 Å². The molecule has 34 heavy (non-hydrogen) atoms. The summed E-state index contributed by atoms with van der Waals surface area (Å²) in [6, 6.07) is 2.35. The predicted octanol–water partition coefficient (Wildman–Crippen LogP) is -0.128. The third-order valence-corrected chi connectivity index (χ3v) is 6.38. The molecule has 0 bridgehead atoms. The lowest BCUT2D eigenvalue weighted by atomic mass is 9.85. The van der Waals surface area contributed by atoms with Crippen LogP contribution in [0.15, 0.2) is 40.8 Å². The average molecular weight is 487 g/mol. The summed E-state index contributed by atoms with van der Waals surface area (Å²) in [5.41, 5.74) is 7.12. The van der Waals surface area contributed by atoms with Gasteiger partial charge < -0.3 is 25.9 Å². The van der Waals surface area contributed by atoms with E-state index in [0.717, 1.165) is 17.0 Å². The van der Waals surface area contributed by atoms with Gasteiger partial charge in [-0.15, -0.1) is 11.3 Å². The molecule has 0 spiro atoms. The summed E-state index contributed by atoms with van der Waals surface area (Å²) in [6.07, 6.45) is 4.43. The molecule has 2 aliphatic rings. The molecule has 4 N–H and O–H groups in total. The number of nitrogen functional groups attached to an aromatic ring is 1. The second kappa shape index (κ2) is 9.09. The maximum absolute atomic E-state index is 13.0. The molecule has 12 nitrogen and oxygen atoms in total. The van der Waals surface area contributed by atoms with Crippen LogP contribution in [0.3, 0.4) is 0 Å². The number of hydrogen-bond donors (Lipinski definition) is 3. The molecule has 178 valence electrons. The van der Waals surface area contributed by atoms with Gasteiger partial charge in [0.2, 0.25) is 5.70 Å². The summed E-state index contributed by atoms with van der Waals surface area (Å²) < 4.78 is 1.71. The Kier molecular flexibility index (Phi) is 6.20. The number of carboxylic acids is 1. The van der Waals surface area contributed by atoms with Crippen molar-refractivity contribution < 1.29 is 28.9 Å². The van der Waals surface area contributed by atoms with E-state index < -0.39 is 29.9 Å². The summed E-state index contributed by atoms with van der Waals surface area (Å²) >= 11 is 1.14. The lowest BCUT2D eigenvalue weighted by Crippen LogP contribution is -2.72. The van der Waals surface area contributed by atoms with Crippen molar-refractivity contribution >= 4 is 51.3 Å². The number of oxime groups is 1. The van der Waals surface area contributed by atoms with E-state index in [2.05, 4.69) is 15.5 Å². The van der Waals surface area contributed by atoms with Crippen molar-refractivity contribution in [1.29, 1.82) is 0 Å². The van der Waals surface area contributed by atoms with E-state index >= 15 is 0 Å². The summed E-state index contributed by atoms with van der Waals surface area (Å²) in [6.45, 7) is 0. The number of aromatic nitrogens is 2. The summed E-state index contributed by atoms with van der Waals surface area (Å²) in [5.74, 6) is -2.37. The molecule has 13 heteroatoms. The van der Waals surface area contributed by atoms with E-state index in [-0.39, 0.29) is 22.2 Å². The Morgan fingerprint density at radius 2 is 2.09 bits per heavy atom. The van der Waals surface area contributed by atoms with Crippen molar-refractivity contribution in [2.24, 2.45) is 5.16 Å². The Morgan fingerprint density at radius 1 is 1.38 bits per heavy atom. The van der Waals surface area contributed by atoms with Gasteiger partial charge >= 0.3 is 5.97 Å². The van der Waals surface area contributed by atoms with Crippen LogP contribution >= 0.6 is 11.3 Å². The molecule has 1 saturated heterocycles. The average Bonchev–Trinajstić information content (AvgIpc) is 3.25. The number of β-lactam (4-membered cyclic amide) rings is 1. The minimum absolute atomic E-state index is 0.0904. The smallest absolute Gasteiger partial charge is 0.359 e. The fraction of sp³-hybridized carbons (Fsp3) is 0.333. The number of carboxylic acid groups (broad SMARTS) is 1. The Morgan fingerprint density at radius 3 is 2.65 bits per heavy atom. The third kappa shape index (κ3) is 4.05. The second-order valence-corrected chi connectivity index (χ2v) is 8.81. The van der Waals surface area contributed by atoms with Crippen molar-refractivity contribution in [3.63, 3.8) is 0 Å². The number of aliphatic carboxylic acids is 1. The molecule has 1 fully saturated rings. The highest BCUT2D eigenvalue weighted by atomic mass is 32.1. The Bertz CT molecular complexity index is 1200. The van der Waals surface area contributed by atoms with E-state index in [1.165, 1.54) is 12.0 Å². The first-order valence-corrected chi connectivity index (χ1v) is 11.2. The van der Waals surface area contributed by atoms with Gasteiger partial charge in [-0.25, -0.2) is 9.78 Å². The van der Waals surface area contributed by atoms with Crippen LogP contribution in [0.25, 0.3) is 5.70 Å². The third-order valence-electron chi connectivity index (χ3n) is 5.70. The highest BCUT2D eigenvalue weighted by molar-refractivity contribution is 7.13. The predicted molar refractivity (Wildman–Crippen MR) is 124 cm³/mol. The molecule has 0 aliphatic carbocycles. The van der Waals surface area contributed by atoms with Crippen molar-refractivity contribution in [1.82, 2.24) is 15.2 Å². The summed E-state index contributed by atoms with van der Waals surface area (Å²) in [4.78, 5) is 49.9. The molecule has 0 aromatic carbocycles. The molecule has 4 rings (SSSR count). The van der Waals surface area contributed by atoms with Gasteiger partial charge in [0.15, 0.2) is 28.9 Å². The highest BCUT2D eigenvalue weighted by Gasteiger charge is 2.55. The summed E-state index contributed by atoms with van der Waals surface area (Å²) in [5, 5.41) is 18.1. The number of nitrogens with one attached hydrogen (secondary N) is 1. The first-order chi connectivity index (χ1) is 16.2. The maximum atomic E-state index is 13.0. The van der Waals surface area contributed by atoms with Crippen molar-refractivity contribution in [3.05, 3.63) is 41.3 Å². The SMILES string of the molecule is CO/N=C(/C(=O)N[C@@H]1C(=O)N2C(C(=O)O)=C([n+]3ccc(N(C)C)cc3)CC[C@H]12)c1csc(N)n1. The Hall–Kier alpha value is -4.00. The lowest BCUT2D eigenvalue weighted by Gasteiger charge is -2.48. The number of hydrogen-bond acceptors (Lipinski definition) is 9. The van der Waals surface area contributed by atoms with Crippen LogP contribution in [0.2, 0.25) is 0 Å². The van der Waals surface area contributed by atoms with Gasteiger partial charge in [0, 0.05) is 43.7 Å². The molecule has 0 unspecified atom stereocenters. The molecule has 2 aliphatic heterocycles. The quantitative estimate of drug-likeness (QED) is 0.212. The first kappa shape index (κ1) is 23.2. The molecular formula is C21H24N7O5S+. The van der Waals surface area contributed by atoms with Gasteiger partial charge in [-0.3, -0.25) is 14.5 Å². The molecular weight excluding hydrogens is 462 g/mol. The Balaban J connectivity index is 1.57. The van der Waals surface area contributed by atoms with Crippen LogP contribution in [0.4, 0.5) is 10.8 Å². The number of nitrogens with two attached hydrogens (primary N) is 1. The van der Waals surface area contributed by atoms with Crippen LogP contribution in [-0.4, -0.2) is 71.8 Å². The normalized spacial score (nSPS) is 19.9. The number of carbonyl (C=O) groups is 3. The topological polar surface area (TPSA) is 154 Å². The van der Waals surface area contributed by atoms with Crippen LogP contribution < -0.4 is 20.5 Å². The van der Waals surface area contributed by atoms with Gasteiger partial charge in [-0.2, -0.15) is 4.57 Å². The van der Waals surface area contributed by atoms with Crippen molar-refractivity contribution in [2.75, 3.05) is 31.8 Å². The summed E-state index contributed by atoms with van der Waals surface area (Å²) in [7, 11) is 5.10. The number of allylic oxidation sites excluding steroid dienone is 1. The molecule has 2 aromatic rings. The minimum Gasteiger partial charge on any atom is -0.476 e. The van der Waals surface area contributed by atoms with Gasteiger partial charge in [0.05, 0.1) is 6.04 Å². The number of fused-ring (bicyclic) bond motifs is 1. The number of thiazole rings is 1. The molecule has 0 saturated carbocycles. The largest absolute Gasteiger partial charge is 0.476 e. The second-order valence-electron chi connectivity index (χ2n) is 7.92. The Labute approximate surface area is 198 Å². The molecule has 0 radical (unpaired) electrons. The number of amides is 2. The van der Waals surface area contributed by atoms with Crippen molar-refractivity contribution in [2.45, 2.75) is 24.9 Å². The monoisotopic (exact) mass is 486 g/mol. The number of carbonyl (C=O) groups excluding carboxylic acids is 2. The molecule has 2 atom stereocenters. The zero-order chi connectivity index (χ0) is 24.6. The molecule has 2 aromatic heterocycles. The highest BCUT2D eigenvalue weighted by Crippen LogP contribution is 2.37. The standard InChI is InChI=1S/C21H23N7O5S/c1-26(2)11-6-8-27(9-7-11)14-5-4-13-16(19(30)28(13)17(14)20(31)32)24-18(29)15(25-33-3)12-10-34-21(22)23-12/h6-10,13,16H,4-5H2,1-3H3,(H3-,22,23,24,29,31,32)/p+1/b25-15+/t13-,16+/m1/s1. The zero-order valence-corrected chi connectivity index (χ0v) is 19.6. The van der Waals surface area contributed by atoms with E-state index in [9.17, 15) is 19.5 Å². The number of anilines is 2. The fourth-order valence-electron chi connectivity index (χ4n) is 4.09. The van der Waals surface area contributed by atoms with E-state index in [4.69, 9.17) is 10.6 Å². The van der Waals surface area contributed by atoms with E-state index in [1.807, 2.05) is 31.1 Å². The number of nitrogens with zero attached hydrogens (tertiary/aromatic N) is 5. The molecule has 4 heterocycles.